The molecule has 0 heterocycles. The van der Waals surface area contributed by atoms with Gasteiger partial charge in [-0.3, -0.25) is 4.79 Å². The topological polar surface area (TPSA) is 44.1 Å². The summed E-state index contributed by atoms with van der Waals surface area (Å²) in [6, 6.07) is 6.99. The Morgan fingerprint density at radius 3 is 2.82 bits per heavy atom. The van der Waals surface area contributed by atoms with Crippen molar-refractivity contribution in [2.45, 2.75) is 13.3 Å². The van der Waals surface area contributed by atoms with E-state index in [9.17, 15) is 4.79 Å². The van der Waals surface area contributed by atoms with Crippen molar-refractivity contribution in [1.29, 1.82) is 5.26 Å². The fourth-order valence-electron chi connectivity index (χ4n) is 1.44. The molecule has 0 atom stereocenters. The van der Waals surface area contributed by atoms with Crippen molar-refractivity contribution in [1.82, 2.24) is 4.90 Å². The Morgan fingerprint density at radius 2 is 2.29 bits per heavy atom. The van der Waals surface area contributed by atoms with Gasteiger partial charge in [-0.15, -0.1) is 0 Å². The molecule has 1 aromatic carbocycles. The molecule has 0 N–H and O–H groups in total. The highest BCUT2D eigenvalue weighted by molar-refractivity contribution is 9.10. The number of nitrogens with zero attached hydrogens (tertiary/aromatic N) is 2. The van der Waals surface area contributed by atoms with E-state index in [-0.39, 0.29) is 12.5 Å². The third-order valence-electron chi connectivity index (χ3n) is 2.20. The zero-order valence-electron chi connectivity index (χ0n) is 9.41. The van der Waals surface area contributed by atoms with Crippen molar-refractivity contribution in [2.75, 3.05) is 13.1 Å². The number of benzene rings is 1. The lowest BCUT2D eigenvalue weighted by Crippen LogP contribution is -2.32. The summed E-state index contributed by atoms with van der Waals surface area (Å²) >= 11 is 9.12. The standard InChI is InChI=1S/C12H12BrClN2O/c1-2-6-16(7-5-15)12(17)10-4-3-9(14)8-11(10)13/h3-4,8H,2,6-7H2,1H3. The van der Waals surface area contributed by atoms with E-state index in [0.29, 0.717) is 21.6 Å². The van der Waals surface area contributed by atoms with Gasteiger partial charge in [0.05, 0.1) is 11.6 Å². The largest absolute Gasteiger partial charge is 0.325 e. The Labute approximate surface area is 114 Å². The summed E-state index contributed by atoms with van der Waals surface area (Å²) in [7, 11) is 0. The number of carbonyl (C=O) groups is 1. The van der Waals surface area contributed by atoms with Crippen LogP contribution in [0.4, 0.5) is 0 Å². The normalized spacial score (nSPS) is 9.76. The summed E-state index contributed by atoms with van der Waals surface area (Å²) in [6.07, 6.45) is 0.818. The van der Waals surface area contributed by atoms with Crippen LogP contribution in [0.5, 0.6) is 0 Å². The highest BCUT2D eigenvalue weighted by Gasteiger charge is 2.17. The van der Waals surface area contributed by atoms with E-state index in [1.54, 1.807) is 18.2 Å². The number of nitriles is 1. The Morgan fingerprint density at radius 1 is 1.59 bits per heavy atom. The Balaban J connectivity index is 2.97. The van der Waals surface area contributed by atoms with Gasteiger partial charge in [0.1, 0.15) is 6.54 Å². The fraction of sp³-hybridized carbons (Fsp3) is 0.333. The lowest BCUT2D eigenvalue weighted by molar-refractivity contribution is 0.0775. The average Bonchev–Trinajstić information content (AvgIpc) is 2.28. The molecule has 1 amide bonds. The zero-order chi connectivity index (χ0) is 12.8. The molecule has 0 aromatic heterocycles. The summed E-state index contributed by atoms with van der Waals surface area (Å²) < 4.78 is 0.647. The predicted molar refractivity (Wildman–Crippen MR) is 71.0 cm³/mol. The van der Waals surface area contributed by atoms with Crippen molar-refractivity contribution < 1.29 is 4.79 Å². The van der Waals surface area contributed by atoms with Crippen LogP contribution in [0.1, 0.15) is 23.7 Å². The van der Waals surface area contributed by atoms with E-state index in [4.69, 9.17) is 16.9 Å². The first-order valence-electron chi connectivity index (χ1n) is 5.21. The van der Waals surface area contributed by atoms with Crippen LogP contribution in [0.25, 0.3) is 0 Å². The first-order chi connectivity index (χ1) is 8.10. The van der Waals surface area contributed by atoms with Gasteiger partial charge in [0.25, 0.3) is 5.91 Å². The van der Waals surface area contributed by atoms with Crippen LogP contribution in [0.2, 0.25) is 5.02 Å². The predicted octanol–water partition coefficient (Wildman–Crippen LogP) is 3.48. The van der Waals surface area contributed by atoms with Crippen LogP contribution in [0.3, 0.4) is 0 Å². The van der Waals surface area contributed by atoms with Crippen molar-refractivity contribution in [3.05, 3.63) is 33.3 Å². The number of hydrogen-bond acceptors (Lipinski definition) is 2. The monoisotopic (exact) mass is 314 g/mol. The summed E-state index contributed by atoms with van der Waals surface area (Å²) in [5.74, 6) is -0.156. The molecule has 90 valence electrons. The van der Waals surface area contributed by atoms with Gasteiger partial charge in [-0.1, -0.05) is 18.5 Å². The number of rotatable bonds is 4. The van der Waals surface area contributed by atoms with Crippen molar-refractivity contribution in [3.63, 3.8) is 0 Å². The van der Waals surface area contributed by atoms with Crippen LogP contribution in [-0.2, 0) is 0 Å². The highest BCUT2D eigenvalue weighted by atomic mass is 79.9. The quantitative estimate of drug-likeness (QED) is 0.798. The molecule has 5 heteroatoms. The Bertz CT molecular complexity index is 456. The molecule has 1 rings (SSSR count). The third kappa shape index (κ3) is 3.72. The lowest BCUT2D eigenvalue weighted by Gasteiger charge is -2.19. The van der Waals surface area contributed by atoms with Crippen molar-refractivity contribution in [2.24, 2.45) is 0 Å². The summed E-state index contributed by atoms with van der Waals surface area (Å²) in [4.78, 5) is 13.7. The molecular weight excluding hydrogens is 304 g/mol. The second kappa shape index (κ2) is 6.63. The minimum absolute atomic E-state index is 0.0989. The molecular formula is C12H12BrClN2O. The van der Waals surface area contributed by atoms with Crippen molar-refractivity contribution >= 4 is 33.4 Å². The number of amides is 1. The molecule has 0 spiro atoms. The molecule has 1 aromatic rings. The Hall–Kier alpha value is -1.05. The fourth-order valence-corrected chi connectivity index (χ4v) is 2.29. The third-order valence-corrected chi connectivity index (χ3v) is 3.10. The molecule has 0 aliphatic heterocycles. The van der Waals surface area contributed by atoms with E-state index >= 15 is 0 Å². The van der Waals surface area contributed by atoms with Gasteiger partial charge in [0, 0.05) is 16.0 Å². The Kier molecular flexibility index (Phi) is 5.46. The van der Waals surface area contributed by atoms with Gasteiger partial charge in [-0.05, 0) is 40.5 Å². The molecule has 0 aliphatic rings. The molecule has 3 nitrogen and oxygen atoms in total. The summed E-state index contributed by atoms with van der Waals surface area (Å²) in [5, 5.41) is 9.26. The van der Waals surface area contributed by atoms with Crippen LogP contribution in [-0.4, -0.2) is 23.9 Å². The maximum absolute atomic E-state index is 12.2. The molecule has 0 bridgehead atoms. The van der Waals surface area contributed by atoms with Crippen LogP contribution < -0.4 is 0 Å². The second-order valence-corrected chi connectivity index (χ2v) is 4.80. The van der Waals surface area contributed by atoms with Gasteiger partial charge in [0.2, 0.25) is 0 Å². The van der Waals surface area contributed by atoms with E-state index in [1.165, 1.54) is 4.90 Å². The van der Waals surface area contributed by atoms with E-state index in [1.807, 2.05) is 13.0 Å². The maximum Gasteiger partial charge on any atom is 0.255 e. The number of hydrogen-bond donors (Lipinski definition) is 0. The first kappa shape index (κ1) is 14.0. The smallest absolute Gasteiger partial charge is 0.255 e. The second-order valence-electron chi connectivity index (χ2n) is 3.51. The average molecular weight is 316 g/mol. The van der Waals surface area contributed by atoms with Crippen LogP contribution in [0.15, 0.2) is 22.7 Å². The maximum atomic E-state index is 12.2. The lowest BCUT2D eigenvalue weighted by atomic mass is 10.2. The van der Waals surface area contributed by atoms with Gasteiger partial charge in [0.15, 0.2) is 0 Å². The van der Waals surface area contributed by atoms with Gasteiger partial charge in [-0.25, -0.2) is 0 Å². The molecule has 0 saturated carbocycles. The SMILES string of the molecule is CCCN(CC#N)C(=O)c1ccc(Cl)cc1Br. The summed E-state index contributed by atoms with van der Waals surface area (Å²) in [6.45, 7) is 2.64. The van der Waals surface area contributed by atoms with Gasteiger partial charge in [-0.2, -0.15) is 5.26 Å². The van der Waals surface area contributed by atoms with E-state index < -0.39 is 0 Å². The minimum Gasteiger partial charge on any atom is -0.325 e. The molecule has 0 saturated heterocycles. The number of halogens is 2. The molecule has 0 aliphatic carbocycles. The van der Waals surface area contributed by atoms with Crippen molar-refractivity contribution in [3.8, 4) is 6.07 Å². The van der Waals surface area contributed by atoms with Crippen LogP contribution in [0, 0.1) is 11.3 Å². The minimum atomic E-state index is -0.156. The highest BCUT2D eigenvalue weighted by Crippen LogP contribution is 2.22. The van der Waals surface area contributed by atoms with Gasteiger partial charge < -0.3 is 4.90 Å². The van der Waals surface area contributed by atoms with Crippen LogP contribution >= 0.6 is 27.5 Å². The molecule has 0 fully saturated rings. The molecule has 0 radical (unpaired) electrons. The number of carbonyl (C=O) groups excluding carboxylic acids is 1. The van der Waals surface area contributed by atoms with Gasteiger partial charge >= 0.3 is 0 Å². The van der Waals surface area contributed by atoms with E-state index in [2.05, 4.69) is 15.9 Å². The van der Waals surface area contributed by atoms with E-state index in [0.717, 1.165) is 6.42 Å². The molecule has 17 heavy (non-hydrogen) atoms. The molecule has 0 unspecified atom stereocenters. The summed E-state index contributed by atoms with van der Waals surface area (Å²) in [5.41, 5.74) is 0.526. The zero-order valence-corrected chi connectivity index (χ0v) is 11.8. The first-order valence-corrected chi connectivity index (χ1v) is 6.38.